The summed E-state index contributed by atoms with van der Waals surface area (Å²) in [4.78, 5) is 0. The molecular weight excluding hydrogens is 350 g/mol. The Hall–Kier alpha value is -0.390. The van der Waals surface area contributed by atoms with Crippen molar-refractivity contribution in [3.05, 3.63) is 22.2 Å². The van der Waals surface area contributed by atoms with Gasteiger partial charge in [0.2, 0.25) is 0 Å². The highest BCUT2D eigenvalue weighted by atomic mass is 79.9. The minimum absolute atomic E-state index is 0.633. The van der Waals surface area contributed by atoms with Gasteiger partial charge in [-0.3, -0.25) is 0 Å². The molecule has 0 aliphatic heterocycles. The van der Waals surface area contributed by atoms with Gasteiger partial charge in [-0.05, 0) is 59.3 Å². The van der Waals surface area contributed by atoms with E-state index in [1.54, 1.807) is 11.8 Å². The van der Waals surface area contributed by atoms with Crippen molar-refractivity contribution in [2.75, 3.05) is 31.8 Å². The van der Waals surface area contributed by atoms with E-state index in [1.807, 2.05) is 6.92 Å². The topological polar surface area (TPSA) is 30.5 Å². The molecule has 0 saturated carbocycles. The lowest BCUT2D eigenvalue weighted by Gasteiger charge is -2.16. The van der Waals surface area contributed by atoms with Gasteiger partial charge in [0.15, 0.2) is 11.5 Å². The first kappa shape index (κ1) is 18.7. The number of nitrogens with one attached hydrogen (secondary N) is 1. The number of hydrogen-bond donors (Lipinski definition) is 1. The van der Waals surface area contributed by atoms with Gasteiger partial charge in [0, 0.05) is 12.3 Å². The molecule has 0 atom stereocenters. The molecule has 0 bridgehead atoms. The average Bonchev–Trinajstić information content (AvgIpc) is 2.42. The third kappa shape index (κ3) is 6.94. The predicted molar refractivity (Wildman–Crippen MR) is 95.7 cm³/mol. The lowest BCUT2D eigenvalue weighted by molar-refractivity contribution is 0.287. The molecule has 0 aliphatic rings. The van der Waals surface area contributed by atoms with E-state index >= 15 is 0 Å². The fourth-order valence-corrected chi connectivity index (χ4v) is 2.71. The molecule has 0 amide bonds. The second-order valence-corrected chi connectivity index (χ2v) is 7.04. The van der Waals surface area contributed by atoms with Crippen LogP contribution in [0.25, 0.3) is 0 Å². The van der Waals surface area contributed by atoms with Crippen LogP contribution in [0.3, 0.4) is 0 Å². The van der Waals surface area contributed by atoms with E-state index in [-0.39, 0.29) is 0 Å². The largest absolute Gasteiger partial charge is 0.490 e. The summed E-state index contributed by atoms with van der Waals surface area (Å²) < 4.78 is 12.5. The van der Waals surface area contributed by atoms with Crippen LogP contribution in [0.1, 0.15) is 26.3 Å². The molecule has 0 fully saturated rings. The van der Waals surface area contributed by atoms with Gasteiger partial charge in [0.05, 0.1) is 17.7 Å². The van der Waals surface area contributed by atoms with Crippen molar-refractivity contribution in [2.45, 2.75) is 27.3 Å². The van der Waals surface area contributed by atoms with Crippen LogP contribution in [0.15, 0.2) is 16.6 Å². The Morgan fingerprint density at radius 2 is 2.05 bits per heavy atom. The van der Waals surface area contributed by atoms with E-state index in [9.17, 15) is 0 Å². The summed E-state index contributed by atoms with van der Waals surface area (Å²) in [6, 6.07) is 4.17. The molecule has 0 radical (unpaired) electrons. The summed E-state index contributed by atoms with van der Waals surface area (Å²) in [5, 5.41) is 3.45. The van der Waals surface area contributed by atoms with Crippen LogP contribution in [0.5, 0.6) is 11.5 Å². The maximum atomic E-state index is 5.85. The van der Waals surface area contributed by atoms with Gasteiger partial charge in [-0.25, -0.2) is 0 Å². The van der Waals surface area contributed by atoms with Crippen LogP contribution in [0, 0.1) is 5.92 Å². The zero-order chi connectivity index (χ0) is 15.7. The van der Waals surface area contributed by atoms with Gasteiger partial charge < -0.3 is 14.8 Å². The monoisotopic (exact) mass is 375 g/mol. The Balaban J connectivity index is 2.79. The molecule has 0 saturated heterocycles. The highest BCUT2D eigenvalue weighted by molar-refractivity contribution is 9.10. The van der Waals surface area contributed by atoms with Crippen molar-refractivity contribution >= 4 is 27.7 Å². The molecule has 0 spiro atoms. The van der Waals surface area contributed by atoms with Gasteiger partial charge in [-0.15, -0.1) is 0 Å². The maximum absolute atomic E-state index is 5.85. The Morgan fingerprint density at radius 3 is 2.67 bits per heavy atom. The lowest BCUT2D eigenvalue weighted by Crippen LogP contribution is -2.19. The first-order chi connectivity index (χ1) is 10.1. The van der Waals surface area contributed by atoms with Gasteiger partial charge in [-0.1, -0.05) is 13.8 Å². The van der Waals surface area contributed by atoms with Crippen LogP contribution < -0.4 is 14.8 Å². The predicted octanol–water partition coefficient (Wildman–Crippen LogP) is 4.34. The van der Waals surface area contributed by atoms with Crippen LogP contribution in [-0.4, -0.2) is 31.8 Å². The maximum Gasteiger partial charge on any atom is 0.175 e. The number of benzene rings is 1. The van der Waals surface area contributed by atoms with E-state index in [1.165, 1.54) is 5.56 Å². The fraction of sp³-hybridized carbons (Fsp3) is 0.625. The molecule has 1 aromatic carbocycles. The third-order valence-electron chi connectivity index (χ3n) is 2.78. The van der Waals surface area contributed by atoms with Crippen molar-refractivity contribution in [2.24, 2.45) is 5.92 Å². The van der Waals surface area contributed by atoms with E-state index in [0.717, 1.165) is 34.8 Å². The average molecular weight is 376 g/mol. The molecule has 120 valence electrons. The van der Waals surface area contributed by atoms with E-state index in [2.05, 4.69) is 53.5 Å². The quantitative estimate of drug-likeness (QED) is 0.616. The van der Waals surface area contributed by atoms with Crippen LogP contribution in [-0.2, 0) is 6.54 Å². The molecule has 21 heavy (non-hydrogen) atoms. The SMILES string of the molecule is CCOc1cc(CNCC(C)C)cc(Br)c1OCCSC. The van der Waals surface area contributed by atoms with Crippen LogP contribution in [0.4, 0.5) is 0 Å². The minimum atomic E-state index is 0.633. The summed E-state index contributed by atoms with van der Waals surface area (Å²) in [7, 11) is 0. The van der Waals surface area contributed by atoms with Crippen molar-refractivity contribution in [3.8, 4) is 11.5 Å². The third-order valence-corrected chi connectivity index (χ3v) is 3.95. The van der Waals surface area contributed by atoms with Crippen LogP contribution in [0.2, 0.25) is 0 Å². The van der Waals surface area contributed by atoms with Crippen molar-refractivity contribution in [1.29, 1.82) is 0 Å². The molecule has 0 aliphatic carbocycles. The molecule has 0 aromatic heterocycles. The Bertz CT molecular complexity index is 427. The Labute approximate surface area is 141 Å². The number of halogens is 1. The van der Waals surface area contributed by atoms with Crippen molar-refractivity contribution < 1.29 is 9.47 Å². The molecular formula is C16H26BrNO2S. The van der Waals surface area contributed by atoms with E-state index in [4.69, 9.17) is 9.47 Å². The smallest absolute Gasteiger partial charge is 0.175 e. The summed E-state index contributed by atoms with van der Waals surface area (Å²) in [6.45, 7) is 9.56. The van der Waals surface area contributed by atoms with Crippen molar-refractivity contribution in [1.82, 2.24) is 5.32 Å². The normalized spacial score (nSPS) is 11.0. The zero-order valence-electron chi connectivity index (χ0n) is 13.4. The minimum Gasteiger partial charge on any atom is -0.490 e. The van der Waals surface area contributed by atoms with Crippen molar-refractivity contribution in [3.63, 3.8) is 0 Å². The molecule has 0 heterocycles. The molecule has 0 unspecified atom stereocenters. The second kappa shape index (κ2) is 10.4. The second-order valence-electron chi connectivity index (χ2n) is 5.20. The first-order valence-electron chi connectivity index (χ1n) is 7.36. The highest BCUT2D eigenvalue weighted by Crippen LogP contribution is 2.37. The standard InChI is InChI=1S/C16H26BrNO2S/c1-5-19-15-9-13(11-18-10-12(2)3)8-14(17)16(15)20-6-7-21-4/h8-9,12,18H,5-7,10-11H2,1-4H3. The number of hydrogen-bond acceptors (Lipinski definition) is 4. The Kier molecular flexibility index (Phi) is 9.20. The summed E-state index contributed by atoms with van der Waals surface area (Å²) in [6.07, 6.45) is 2.07. The number of ether oxygens (including phenoxy) is 2. The number of rotatable bonds is 10. The lowest BCUT2D eigenvalue weighted by atomic mass is 10.2. The Morgan fingerprint density at radius 1 is 1.29 bits per heavy atom. The van der Waals surface area contributed by atoms with Crippen LogP contribution >= 0.6 is 27.7 Å². The zero-order valence-corrected chi connectivity index (χ0v) is 15.8. The summed E-state index contributed by atoms with van der Waals surface area (Å²) >= 11 is 5.37. The van der Waals surface area contributed by atoms with Gasteiger partial charge in [-0.2, -0.15) is 11.8 Å². The molecule has 5 heteroatoms. The summed E-state index contributed by atoms with van der Waals surface area (Å²) in [5.41, 5.74) is 1.20. The van der Waals surface area contributed by atoms with E-state index < -0.39 is 0 Å². The fourth-order valence-electron chi connectivity index (χ4n) is 1.86. The molecule has 1 rings (SSSR count). The molecule has 3 nitrogen and oxygen atoms in total. The van der Waals surface area contributed by atoms with Gasteiger partial charge >= 0.3 is 0 Å². The van der Waals surface area contributed by atoms with Gasteiger partial charge in [0.25, 0.3) is 0 Å². The highest BCUT2D eigenvalue weighted by Gasteiger charge is 2.12. The summed E-state index contributed by atoms with van der Waals surface area (Å²) in [5.74, 6) is 3.23. The first-order valence-corrected chi connectivity index (χ1v) is 9.54. The molecule has 1 aromatic rings. The molecule has 1 N–H and O–H groups in total. The number of thioether (sulfide) groups is 1. The van der Waals surface area contributed by atoms with E-state index in [0.29, 0.717) is 19.1 Å². The van der Waals surface area contributed by atoms with Gasteiger partial charge in [0.1, 0.15) is 0 Å².